The van der Waals surface area contributed by atoms with Gasteiger partial charge in [0.1, 0.15) is 0 Å². The first-order chi connectivity index (χ1) is 8.20. The first-order valence-electron chi connectivity index (χ1n) is 6.52. The summed E-state index contributed by atoms with van der Waals surface area (Å²) in [6.07, 6.45) is 6.39. The zero-order valence-electron chi connectivity index (χ0n) is 10.8. The van der Waals surface area contributed by atoms with Crippen LogP contribution in [0.5, 0.6) is 0 Å². The fraction of sp³-hybridized carbons (Fsp3) is 0.692. The summed E-state index contributed by atoms with van der Waals surface area (Å²) >= 11 is 0. The molecule has 0 saturated heterocycles. The van der Waals surface area contributed by atoms with Gasteiger partial charge in [-0.1, -0.05) is 0 Å². The number of hydrogen-bond acceptors (Lipinski definition) is 4. The van der Waals surface area contributed by atoms with Crippen LogP contribution >= 0.6 is 0 Å². The lowest BCUT2D eigenvalue weighted by Gasteiger charge is -2.36. The van der Waals surface area contributed by atoms with E-state index in [1.54, 1.807) is 6.20 Å². The molecule has 1 fully saturated rings. The zero-order valence-corrected chi connectivity index (χ0v) is 10.8. The number of nitrogens with zero attached hydrogens (tertiary/aromatic N) is 3. The van der Waals surface area contributed by atoms with Crippen LogP contribution in [0.25, 0.3) is 0 Å². The summed E-state index contributed by atoms with van der Waals surface area (Å²) in [7, 11) is 0. The van der Waals surface area contributed by atoms with Crippen LogP contribution in [0.1, 0.15) is 38.2 Å². The van der Waals surface area contributed by atoms with E-state index < -0.39 is 0 Å². The van der Waals surface area contributed by atoms with Crippen molar-refractivity contribution in [3.8, 4) is 0 Å². The van der Waals surface area contributed by atoms with E-state index in [0.29, 0.717) is 12.1 Å². The van der Waals surface area contributed by atoms with Crippen molar-refractivity contribution in [2.45, 2.75) is 51.6 Å². The second kappa shape index (κ2) is 5.45. The third-order valence-corrected chi connectivity index (χ3v) is 3.60. The van der Waals surface area contributed by atoms with E-state index in [0.717, 1.165) is 25.2 Å². The van der Waals surface area contributed by atoms with E-state index >= 15 is 0 Å². The Morgan fingerprint density at radius 1 is 1.35 bits per heavy atom. The van der Waals surface area contributed by atoms with Gasteiger partial charge < -0.3 is 10.6 Å². The fourth-order valence-electron chi connectivity index (χ4n) is 2.61. The van der Waals surface area contributed by atoms with Crippen LogP contribution in [0.2, 0.25) is 0 Å². The molecule has 4 nitrogen and oxygen atoms in total. The quantitative estimate of drug-likeness (QED) is 0.867. The van der Waals surface area contributed by atoms with Gasteiger partial charge in [-0.2, -0.15) is 5.10 Å². The summed E-state index contributed by atoms with van der Waals surface area (Å²) in [5.41, 5.74) is 7.12. The van der Waals surface area contributed by atoms with Gasteiger partial charge in [0.2, 0.25) is 0 Å². The van der Waals surface area contributed by atoms with Crippen LogP contribution in [0.15, 0.2) is 12.3 Å². The van der Waals surface area contributed by atoms with Crippen LogP contribution < -0.4 is 10.6 Å². The van der Waals surface area contributed by atoms with Gasteiger partial charge in [0.25, 0.3) is 0 Å². The Balaban J connectivity index is 2.10. The Labute approximate surface area is 103 Å². The summed E-state index contributed by atoms with van der Waals surface area (Å²) in [6, 6.07) is 3.09. The first-order valence-corrected chi connectivity index (χ1v) is 6.52. The monoisotopic (exact) mass is 234 g/mol. The van der Waals surface area contributed by atoms with Crippen molar-refractivity contribution >= 4 is 5.82 Å². The second-order valence-electron chi connectivity index (χ2n) is 4.95. The Morgan fingerprint density at radius 2 is 2.06 bits per heavy atom. The molecule has 1 aromatic heterocycles. The number of rotatable bonds is 3. The molecule has 2 N–H and O–H groups in total. The molecular weight excluding hydrogens is 212 g/mol. The van der Waals surface area contributed by atoms with Crippen molar-refractivity contribution in [2.24, 2.45) is 5.73 Å². The van der Waals surface area contributed by atoms with Crippen LogP contribution in [0.4, 0.5) is 5.82 Å². The van der Waals surface area contributed by atoms with Crippen LogP contribution in [-0.4, -0.2) is 28.8 Å². The summed E-state index contributed by atoms with van der Waals surface area (Å²) in [5, 5.41) is 8.30. The maximum atomic E-state index is 5.95. The minimum Gasteiger partial charge on any atom is -0.352 e. The van der Waals surface area contributed by atoms with Crippen molar-refractivity contribution < 1.29 is 0 Å². The minimum absolute atomic E-state index is 0.397. The Kier molecular flexibility index (Phi) is 3.94. The molecule has 0 atom stereocenters. The third-order valence-electron chi connectivity index (χ3n) is 3.60. The SMILES string of the molecule is CCN(c1cc(C)cnn1)C1CCC(N)CC1. The van der Waals surface area contributed by atoms with Crippen molar-refractivity contribution in [3.05, 3.63) is 17.8 Å². The molecule has 2 rings (SSSR count). The predicted molar refractivity (Wildman–Crippen MR) is 70.0 cm³/mol. The molecule has 1 saturated carbocycles. The highest BCUT2D eigenvalue weighted by Crippen LogP contribution is 2.25. The van der Waals surface area contributed by atoms with Gasteiger partial charge in [-0.15, -0.1) is 5.10 Å². The number of anilines is 1. The van der Waals surface area contributed by atoms with E-state index in [1.165, 1.54) is 18.4 Å². The molecule has 17 heavy (non-hydrogen) atoms. The van der Waals surface area contributed by atoms with E-state index in [2.05, 4.69) is 35.0 Å². The Hall–Kier alpha value is -1.16. The van der Waals surface area contributed by atoms with E-state index in [1.807, 2.05) is 0 Å². The van der Waals surface area contributed by atoms with E-state index in [-0.39, 0.29) is 0 Å². The zero-order chi connectivity index (χ0) is 12.3. The third kappa shape index (κ3) is 2.94. The molecule has 1 aromatic rings. The molecule has 0 unspecified atom stereocenters. The smallest absolute Gasteiger partial charge is 0.151 e. The average molecular weight is 234 g/mol. The molecule has 4 heteroatoms. The van der Waals surface area contributed by atoms with E-state index in [9.17, 15) is 0 Å². The van der Waals surface area contributed by atoms with Crippen molar-refractivity contribution in [2.75, 3.05) is 11.4 Å². The number of nitrogens with two attached hydrogens (primary N) is 1. The lowest BCUT2D eigenvalue weighted by molar-refractivity contribution is 0.376. The first kappa shape index (κ1) is 12.3. The summed E-state index contributed by atoms with van der Waals surface area (Å²) in [6.45, 7) is 5.22. The van der Waals surface area contributed by atoms with Gasteiger partial charge in [0.05, 0.1) is 6.20 Å². The van der Waals surface area contributed by atoms with Crippen molar-refractivity contribution in [1.29, 1.82) is 0 Å². The number of aryl methyl sites for hydroxylation is 1. The average Bonchev–Trinajstić information content (AvgIpc) is 2.33. The molecule has 0 amide bonds. The predicted octanol–water partition coefficient (Wildman–Crippen LogP) is 1.88. The summed E-state index contributed by atoms with van der Waals surface area (Å²) in [5.74, 6) is 1.01. The molecule has 0 radical (unpaired) electrons. The summed E-state index contributed by atoms with van der Waals surface area (Å²) in [4.78, 5) is 2.37. The Morgan fingerprint density at radius 3 is 2.65 bits per heavy atom. The van der Waals surface area contributed by atoms with Gasteiger partial charge >= 0.3 is 0 Å². The normalized spacial score (nSPS) is 24.6. The van der Waals surface area contributed by atoms with Crippen molar-refractivity contribution in [3.63, 3.8) is 0 Å². The summed E-state index contributed by atoms with van der Waals surface area (Å²) < 4.78 is 0. The molecule has 0 bridgehead atoms. The maximum Gasteiger partial charge on any atom is 0.151 e. The van der Waals surface area contributed by atoms with Crippen LogP contribution in [0.3, 0.4) is 0 Å². The van der Waals surface area contributed by atoms with Gasteiger partial charge in [-0.05, 0) is 51.2 Å². The molecule has 1 aliphatic rings. The molecule has 0 aliphatic heterocycles. The molecular formula is C13H22N4. The highest BCUT2D eigenvalue weighted by molar-refractivity contribution is 5.40. The van der Waals surface area contributed by atoms with E-state index in [4.69, 9.17) is 5.73 Å². The largest absolute Gasteiger partial charge is 0.352 e. The van der Waals surface area contributed by atoms with Gasteiger partial charge in [-0.25, -0.2) is 0 Å². The van der Waals surface area contributed by atoms with Gasteiger partial charge in [-0.3, -0.25) is 0 Å². The standard InChI is InChI=1S/C13H22N4/c1-3-17(12-6-4-11(14)5-7-12)13-8-10(2)9-15-16-13/h8-9,11-12H,3-7,14H2,1-2H3. The Bertz CT molecular complexity index is 358. The number of hydrogen-bond donors (Lipinski definition) is 1. The van der Waals surface area contributed by atoms with Crippen molar-refractivity contribution in [1.82, 2.24) is 10.2 Å². The molecule has 0 spiro atoms. The second-order valence-corrected chi connectivity index (χ2v) is 4.95. The van der Waals surface area contributed by atoms with Crippen LogP contribution in [-0.2, 0) is 0 Å². The number of aromatic nitrogens is 2. The van der Waals surface area contributed by atoms with Gasteiger partial charge in [0.15, 0.2) is 5.82 Å². The highest BCUT2D eigenvalue weighted by Gasteiger charge is 2.24. The molecule has 1 aliphatic carbocycles. The lowest BCUT2D eigenvalue weighted by atomic mass is 9.90. The molecule has 1 heterocycles. The minimum atomic E-state index is 0.397. The highest BCUT2D eigenvalue weighted by atomic mass is 15.3. The topological polar surface area (TPSA) is 55.0 Å². The molecule has 94 valence electrons. The fourth-order valence-corrected chi connectivity index (χ4v) is 2.61. The van der Waals surface area contributed by atoms with Crippen LogP contribution in [0, 0.1) is 6.92 Å². The molecule has 0 aromatic carbocycles. The van der Waals surface area contributed by atoms with Gasteiger partial charge in [0, 0.05) is 18.6 Å². The lowest BCUT2D eigenvalue weighted by Crippen LogP contribution is -2.41. The maximum absolute atomic E-state index is 5.95.